The van der Waals surface area contributed by atoms with Gasteiger partial charge in [0.05, 0.1) is 13.2 Å². The fraction of sp³-hybridized carbons (Fsp3) is 0.889. The molecule has 0 saturated carbocycles. The van der Waals surface area contributed by atoms with Crippen LogP contribution in [-0.2, 0) is 28.5 Å². The normalized spacial score (nSPS) is 27.0. The molecule has 5 atom stereocenters. The summed E-state index contributed by atoms with van der Waals surface area (Å²) in [6.45, 7) is 5.57. The average Bonchev–Trinajstić information content (AvgIpc) is 2.62. The van der Waals surface area contributed by atoms with Crippen LogP contribution in [0.2, 0.25) is 0 Å². The fourth-order valence-electron chi connectivity index (χ4n) is 2.80. The summed E-state index contributed by atoms with van der Waals surface area (Å²) in [5.41, 5.74) is 0. The van der Waals surface area contributed by atoms with Gasteiger partial charge in [-0.05, 0) is 26.7 Å². The third-order valence-corrected chi connectivity index (χ3v) is 4.16. The highest BCUT2D eigenvalue weighted by Crippen LogP contribution is 2.26. The van der Waals surface area contributed by atoms with Gasteiger partial charge in [-0.2, -0.15) is 0 Å². The molecule has 0 aromatic heterocycles. The van der Waals surface area contributed by atoms with Crippen molar-refractivity contribution in [2.45, 2.75) is 90.0 Å². The highest BCUT2D eigenvalue weighted by Gasteiger charge is 2.48. The number of hydrogen-bond acceptors (Lipinski definition) is 8. The van der Waals surface area contributed by atoms with Crippen LogP contribution in [-0.4, -0.2) is 66.1 Å². The highest BCUT2D eigenvalue weighted by molar-refractivity contribution is 5.77. The van der Waals surface area contributed by atoms with Crippen molar-refractivity contribution < 1.29 is 38.7 Å². The standard InChI is InChI=1S/C18H32O8/c1-4-7-8-9-10-11-12-25-15(14(20)17(21)23-5-2)13(19)16(26-12)18(22)24-6-3/h12-16,19-20H,4-11H2,1-3H3/t12?,13-,14-,15+,16+/m0/s1. The predicted molar refractivity (Wildman–Crippen MR) is 92.2 cm³/mol. The Morgan fingerprint density at radius 3 is 2.27 bits per heavy atom. The summed E-state index contributed by atoms with van der Waals surface area (Å²) in [6.07, 6.45) is -1.09. The number of ether oxygens (including phenoxy) is 4. The number of carbonyl (C=O) groups excluding carboxylic acids is 2. The van der Waals surface area contributed by atoms with Crippen molar-refractivity contribution in [2.75, 3.05) is 13.2 Å². The summed E-state index contributed by atoms with van der Waals surface area (Å²) >= 11 is 0. The van der Waals surface area contributed by atoms with Gasteiger partial charge in [0, 0.05) is 0 Å². The maximum Gasteiger partial charge on any atom is 0.338 e. The lowest BCUT2D eigenvalue weighted by Gasteiger charge is -2.39. The Hall–Kier alpha value is -1.22. The topological polar surface area (TPSA) is 112 Å². The minimum Gasteiger partial charge on any atom is -0.464 e. The first kappa shape index (κ1) is 22.8. The van der Waals surface area contributed by atoms with Gasteiger partial charge in [-0.3, -0.25) is 0 Å². The lowest BCUT2D eigenvalue weighted by atomic mass is 10.0. The zero-order valence-corrected chi connectivity index (χ0v) is 15.9. The smallest absolute Gasteiger partial charge is 0.338 e. The molecule has 0 bridgehead atoms. The van der Waals surface area contributed by atoms with E-state index in [-0.39, 0.29) is 13.2 Å². The quantitative estimate of drug-likeness (QED) is 0.410. The molecule has 0 aromatic carbocycles. The van der Waals surface area contributed by atoms with E-state index in [4.69, 9.17) is 18.9 Å². The first-order chi connectivity index (χ1) is 12.5. The van der Waals surface area contributed by atoms with Crippen LogP contribution in [0.4, 0.5) is 0 Å². The van der Waals surface area contributed by atoms with E-state index in [9.17, 15) is 19.8 Å². The molecular formula is C18H32O8. The number of esters is 2. The monoisotopic (exact) mass is 376 g/mol. The first-order valence-electron chi connectivity index (χ1n) is 9.46. The van der Waals surface area contributed by atoms with Crippen LogP contribution in [0.3, 0.4) is 0 Å². The number of hydrogen-bond donors (Lipinski definition) is 2. The Morgan fingerprint density at radius 1 is 1.00 bits per heavy atom. The van der Waals surface area contributed by atoms with Crippen LogP contribution < -0.4 is 0 Å². The van der Waals surface area contributed by atoms with Gasteiger partial charge in [0.1, 0.15) is 12.2 Å². The van der Waals surface area contributed by atoms with Crippen molar-refractivity contribution in [3.63, 3.8) is 0 Å². The zero-order valence-electron chi connectivity index (χ0n) is 15.9. The van der Waals surface area contributed by atoms with Crippen LogP contribution in [0, 0.1) is 0 Å². The van der Waals surface area contributed by atoms with Gasteiger partial charge in [-0.1, -0.05) is 32.6 Å². The number of carbonyl (C=O) groups is 2. The first-order valence-corrected chi connectivity index (χ1v) is 9.46. The van der Waals surface area contributed by atoms with E-state index in [2.05, 4.69) is 6.92 Å². The Morgan fingerprint density at radius 2 is 1.65 bits per heavy atom. The molecule has 1 rings (SSSR count). The highest BCUT2D eigenvalue weighted by atomic mass is 16.7. The molecule has 1 saturated heterocycles. The SMILES string of the molecule is CCCCCCCC1O[C@@H]([C@H](O)C(=O)OCC)[C@H](O)[C@H](C(=O)OCC)O1. The summed E-state index contributed by atoms with van der Waals surface area (Å²) in [6, 6.07) is 0. The maximum absolute atomic E-state index is 12.1. The van der Waals surface area contributed by atoms with Crippen LogP contribution in [0.1, 0.15) is 59.3 Å². The number of aliphatic hydroxyl groups is 2. The molecule has 1 aliphatic heterocycles. The van der Waals surface area contributed by atoms with E-state index in [1.165, 1.54) is 0 Å². The molecule has 1 unspecified atom stereocenters. The van der Waals surface area contributed by atoms with Gasteiger partial charge in [-0.15, -0.1) is 0 Å². The summed E-state index contributed by atoms with van der Waals surface area (Å²) in [4.78, 5) is 23.9. The lowest BCUT2D eigenvalue weighted by Crippen LogP contribution is -2.59. The zero-order chi connectivity index (χ0) is 19.5. The number of rotatable bonds is 11. The molecular weight excluding hydrogens is 344 g/mol. The van der Waals surface area contributed by atoms with Crippen molar-refractivity contribution in [1.82, 2.24) is 0 Å². The average molecular weight is 376 g/mol. The number of unbranched alkanes of at least 4 members (excludes halogenated alkanes) is 4. The second-order valence-corrected chi connectivity index (χ2v) is 6.23. The second kappa shape index (κ2) is 12.2. The molecule has 26 heavy (non-hydrogen) atoms. The van der Waals surface area contributed by atoms with Gasteiger partial charge in [0.2, 0.25) is 0 Å². The van der Waals surface area contributed by atoms with Crippen molar-refractivity contribution in [3.8, 4) is 0 Å². The predicted octanol–water partition coefficient (Wildman–Crippen LogP) is 1.30. The molecule has 0 amide bonds. The maximum atomic E-state index is 12.1. The summed E-state index contributed by atoms with van der Waals surface area (Å²) < 4.78 is 20.8. The van der Waals surface area contributed by atoms with E-state index in [0.29, 0.717) is 6.42 Å². The number of aliphatic hydroxyl groups excluding tert-OH is 2. The van der Waals surface area contributed by atoms with Crippen molar-refractivity contribution in [1.29, 1.82) is 0 Å². The van der Waals surface area contributed by atoms with Crippen LogP contribution in [0.5, 0.6) is 0 Å². The molecule has 0 radical (unpaired) electrons. The van der Waals surface area contributed by atoms with E-state index in [1.807, 2.05) is 0 Å². The van der Waals surface area contributed by atoms with Gasteiger partial charge >= 0.3 is 11.9 Å². The molecule has 152 valence electrons. The van der Waals surface area contributed by atoms with Crippen molar-refractivity contribution in [3.05, 3.63) is 0 Å². The summed E-state index contributed by atoms with van der Waals surface area (Å²) in [7, 11) is 0. The third kappa shape index (κ3) is 6.83. The molecule has 0 spiro atoms. The van der Waals surface area contributed by atoms with E-state index in [0.717, 1.165) is 32.1 Å². The Balaban J connectivity index is 2.76. The molecule has 0 aromatic rings. The van der Waals surface area contributed by atoms with E-state index in [1.54, 1.807) is 13.8 Å². The fourth-order valence-corrected chi connectivity index (χ4v) is 2.80. The molecule has 2 N–H and O–H groups in total. The van der Waals surface area contributed by atoms with Gasteiger partial charge in [0.25, 0.3) is 0 Å². The van der Waals surface area contributed by atoms with Crippen LogP contribution >= 0.6 is 0 Å². The molecule has 1 fully saturated rings. The Bertz CT molecular complexity index is 427. The van der Waals surface area contributed by atoms with E-state index >= 15 is 0 Å². The Kier molecular flexibility index (Phi) is 10.7. The molecule has 8 heteroatoms. The molecule has 0 aliphatic carbocycles. The minimum absolute atomic E-state index is 0.0807. The third-order valence-electron chi connectivity index (χ3n) is 4.16. The van der Waals surface area contributed by atoms with Crippen molar-refractivity contribution in [2.24, 2.45) is 0 Å². The van der Waals surface area contributed by atoms with Crippen LogP contribution in [0.15, 0.2) is 0 Å². The van der Waals surface area contributed by atoms with E-state index < -0.39 is 42.6 Å². The lowest BCUT2D eigenvalue weighted by molar-refractivity contribution is -0.298. The second-order valence-electron chi connectivity index (χ2n) is 6.23. The van der Waals surface area contributed by atoms with Crippen LogP contribution in [0.25, 0.3) is 0 Å². The molecule has 1 heterocycles. The summed E-state index contributed by atoms with van der Waals surface area (Å²) in [5.74, 6) is -1.66. The largest absolute Gasteiger partial charge is 0.464 e. The Labute approximate surface area is 154 Å². The van der Waals surface area contributed by atoms with Gasteiger partial charge in [0.15, 0.2) is 18.5 Å². The van der Waals surface area contributed by atoms with Gasteiger partial charge < -0.3 is 29.2 Å². The minimum atomic E-state index is -1.71. The molecule has 8 nitrogen and oxygen atoms in total. The van der Waals surface area contributed by atoms with Crippen molar-refractivity contribution >= 4 is 11.9 Å². The van der Waals surface area contributed by atoms with Gasteiger partial charge in [-0.25, -0.2) is 9.59 Å². The molecule has 1 aliphatic rings. The summed E-state index contributed by atoms with van der Waals surface area (Å²) in [5, 5.41) is 20.5.